The van der Waals surface area contributed by atoms with Crippen LogP contribution in [0.4, 0.5) is 24.5 Å². The van der Waals surface area contributed by atoms with Crippen molar-refractivity contribution in [1.82, 2.24) is 19.4 Å². The molecule has 7 rings (SSSR count). The second-order valence-electron chi connectivity index (χ2n) is 20.1. The number of nitrogens with one attached hydrogen (secondary N) is 2. The van der Waals surface area contributed by atoms with E-state index in [2.05, 4.69) is 50.9 Å². The van der Waals surface area contributed by atoms with Crippen LogP contribution in [0.5, 0.6) is 0 Å². The summed E-state index contributed by atoms with van der Waals surface area (Å²) >= 11 is 9.64. The van der Waals surface area contributed by atoms with E-state index in [1.165, 1.54) is 40.6 Å². The molecular formula is C53H68ClF3IN6O8PS3. The second kappa shape index (κ2) is 26.8. The number of allylic oxidation sites excluding steroid dienone is 1. The number of nitrogens with zero attached hydrogens (tertiary/aromatic N) is 4. The number of piperazine rings is 2. The number of sulfonamides is 1. The molecule has 0 radical (unpaired) electrons. The third kappa shape index (κ3) is 16.7. The van der Waals surface area contributed by atoms with E-state index in [1.54, 1.807) is 19.1 Å². The molecule has 1 amide bonds. The topological polar surface area (TPSA) is 158 Å². The molecule has 14 nitrogen and oxygen atoms in total. The van der Waals surface area contributed by atoms with Crippen LogP contribution in [-0.4, -0.2) is 144 Å². The molecule has 3 aliphatic rings. The summed E-state index contributed by atoms with van der Waals surface area (Å²) in [6.45, 7) is 14.7. The van der Waals surface area contributed by atoms with E-state index in [1.807, 2.05) is 69.8 Å². The highest BCUT2D eigenvalue weighted by atomic mass is 127. The number of carbonyl (C=O) groups is 1. The lowest BCUT2D eigenvalue weighted by Crippen LogP contribution is -2.47. The van der Waals surface area contributed by atoms with Crippen molar-refractivity contribution in [3.8, 4) is 0 Å². The molecule has 23 heteroatoms. The Labute approximate surface area is 469 Å². The molecule has 0 saturated carbocycles. The van der Waals surface area contributed by atoms with Crippen molar-refractivity contribution < 1.29 is 48.4 Å². The molecule has 0 bridgehead atoms. The van der Waals surface area contributed by atoms with Gasteiger partial charge in [-0.3, -0.25) is 18.8 Å². The van der Waals surface area contributed by atoms with Gasteiger partial charge in [0.2, 0.25) is 0 Å². The average Bonchev–Trinajstić information content (AvgIpc) is 3.39. The minimum absolute atomic E-state index is 0.0135. The standard InChI is InChI=1S/C53H68ClF3IN6O8PS3/c1-4-71-73(66,72-39-58)34-8-24-61-26-28-62(29-27-61)25-22-44(38-74-46-9-6-5-7-10-46)59-49-20-19-47(35-50(49)75(67,68)53(55,56)57)76(69,70)60-51(65)41-13-17-45(18-14-41)64-32-30-63(31-33-64)37-42-36-52(2,3)23-21-48(42)40-11-15-43(54)16-12-40/h5-7,9-20,35,44,59H,4,8,21-34,36-39H2,1-3H3,(H,60,65)/t44-,73?/m1/s1. The maximum atomic E-state index is 14.4. The smallest absolute Gasteiger partial charge is 0.380 e. The second-order valence-corrected chi connectivity index (χ2v) is 28.0. The van der Waals surface area contributed by atoms with Gasteiger partial charge in [-0.1, -0.05) is 83.9 Å². The Bertz CT molecular complexity index is 2880. The molecule has 1 aliphatic carbocycles. The number of anilines is 2. The number of hydrogen-bond donors (Lipinski definition) is 2. The highest BCUT2D eigenvalue weighted by Gasteiger charge is 2.48. The molecule has 1 unspecified atom stereocenters. The van der Waals surface area contributed by atoms with Gasteiger partial charge < -0.3 is 24.5 Å². The number of amides is 1. The third-order valence-corrected chi connectivity index (χ3v) is 21.1. The molecule has 4 aromatic rings. The van der Waals surface area contributed by atoms with E-state index in [-0.39, 0.29) is 15.6 Å². The molecule has 2 saturated heterocycles. The Morgan fingerprint density at radius 1 is 0.855 bits per heavy atom. The van der Waals surface area contributed by atoms with Crippen LogP contribution < -0.4 is 14.9 Å². The lowest BCUT2D eigenvalue weighted by atomic mass is 9.73. The van der Waals surface area contributed by atoms with Crippen LogP contribution in [-0.2, 0) is 33.5 Å². The number of carbonyl (C=O) groups excluding carboxylic acids is 1. The van der Waals surface area contributed by atoms with E-state index in [0.29, 0.717) is 68.6 Å². The van der Waals surface area contributed by atoms with Gasteiger partial charge in [0.05, 0.1) is 23.4 Å². The van der Waals surface area contributed by atoms with Crippen LogP contribution in [0.2, 0.25) is 5.02 Å². The van der Waals surface area contributed by atoms with E-state index < -0.39 is 60.4 Å². The van der Waals surface area contributed by atoms with Crippen molar-refractivity contribution in [2.75, 3.05) is 105 Å². The fourth-order valence-electron chi connectivity index (χ4n) is 9.83. The highest BCUT2D eigenvalue weighted by molar-refractivity contribution is 14.1. The Morgan fingerprint density at radius 3 is 2.13 bits per heavy atom. The van der Waals surface area contributed by atoms with Crippen LogP contribution in [0.15, 0.2) is 117 Å². The van der Waals surface area contributed by atoms with Crippen LogP contribution in [0, 0.1) is 5.41 Å². The van der Waals surface area contributed by atoms with Crippen molar-refractivity contribution in [2.45, 2.75) is 79.1 Å². The van der Waals surface area contributed by atoms with E-state index in [9.17, 15) is 39.4 Å². The zero-order valence-electron chi connectivity index (χ0n) is 43.1. The van der Waals surface area contributed by atoms with Crippen LogP contribution in [0.3, 0.4) is 0 Å². The van der Waals surface area contributed by atoms with Crippen molar-refractivity contribution in [1.29, 1.82) is 0 Å². The first kappa shape index (κ1) is 60.4. The van der Waals surface area contributed by atoms with E-state index in [0.717, 1.165) is 87.8 Å². The predicted octanol–water partition coefficient (Wildman–Crippen LogP) is 11.1. The van der Waals surface area contributed by atoms with Gasteiger partial charge in [-0.2, -0.15) is 13.2 Å². The first-order valence-electron chi connectivity index (χ1n) is 25.5. The number of rotatable bonds is 24. The molecule has 0 aromatic heterocycles. The molecule has 2 atom stereocenters. The monoisotopic (exact) mass is 1260 g/mol. The zero-order chi connectivity index (χ0) is 54.7. The first-order chi connectivity index (χ1) is 36.1. The fourth-order valence-corrected chi connectivity index (χ4v) is 15.6. The Morgan fingerprint density at radius 2 is 1.50 bits per heavy atom. The lowest BCUT2D eigenvalue weighted by molar-refractivity contribution is -0.0436. The van der Waals surface area contributed by atoms with Crippen LogP contribution >= 0.6 is 53.5 Å². The normalized spacial score (nSPS) is 18.6. The maximum Gasteiger partial charge on any atom is 0.501 e. The number of alkyl halides is 4. The number of hydrogen-bond acceptors (Lipinski definition) is 14. The molecule has 2 aliphatic heterocycles. The highest BCUT2D eigenvalue weighted by Crippen LogP contribution is 2.49. The predicted molar refractivity (Wildman–Crippen MR) is 306 cm³/mol. The lowest BCUT2D eigenvalue weighted by Gasteiger charge is -2.39. The van der Waals surface area contributed by atoms with Crippen molar-refractivity contribution in [3.63, 3.8) is 0 Å². The number of sulfone groups is 1. The number of benzene rings is 4. The summed E-state index contributed by atoms with van der Waals surface area (Å²) in [5, 5.41) is 3.74. The van der Waals surface area contributed by atoms with E-state index >= 15 is 0 Å². The summed E-state index contributed by atoms with van der Waals surface area (Å²) in [5.74, 6) is -0.699. The average molecular weight is 1260 g/mol. The molecule has 416 valence electrons. The minimum Gasteiger partial charge on any atom is -0.380 e. The van der Waals surface area contributed by atoms with Crippen molar-refractivity contribution in [3.05, 3.63) is 119 Å². The largest absolute Gasteiger partial charge is 0.501 e. The van der Waals surface area contributed by atoms with Gasteiger partial charge in [-0.05, 0) is 129 Å². The summed E-state index contributed by atoms with van der Waals surface area (Å²) < 4.78 is 123. The SMILES string of the molecule is CCOP(=O)(CCCN1CCN(CC[C@H](CSc2ccccc2)Nc2ccc(S(=O)(=O)NC(=O)c3ccc(N4CCN(CC5=C(c6ccc(Cl)cc6)CCC(C)(C)C5)CC4)cc3)cc2S(=O)(=O)C(F)(F)F)CC1)OCI. The Hall–Kier alpha value is -3.22. The zero-order valence-corrected chi connectivity index (χ0v) is 49.3. The minimum atomic E-state index is -6.11. The summed E-state index contributed by atoms with van der Waals surface area (Å²) in [6, 6.07) is 25.7. The number of halogens is 5. The number of thioether (sulfide) groups is 1. The molecule has 2 N–H and O–H groups in total. The summed E-state index contributed by atoms with van der Waals surface area (Å²) in [5.41, 5.74) is -1.12. The molecular weight excluding hydrogens is 1200 g/mol. The summed E-state index contributed by atoms with van der Waals surface area (Å²) in [6.07, 6.45) is 4.48. The van der Waals surface area contributed by atoms with Gasteiger partial charge in [0.15, 0.2) is 0 Å². The maximum absolute atomic E-state index is 14.4. The molecule has 2 fully saturated rings. The Balaban J connectivity index is 0.988. The van der Waals surface area contributed by atoms with Gasteiger partial charge in [0.25, 0.3) is 25.8 Å². The summed E-state index contributed by atoms with van der Waals surface area (Å²) in [7, 11) is -14.1. The van der Waals surface area contributed by atoms with Gasteiger partial charge in [0, 0.05) is 98.4 Å². The summed E-state index contributed by atoms with van der Waals surface area (Å²) in [4.78, 5) is 21.4. The van der Waals surface area contributed by atoms with Gasteiger partial charge >= 0.3 is 13.1 Å². The molecule has 4 aromatic carbocycles. The molecule has 0 spiro atoms. The van der Waals surface area contributed by atoms with Crippen LogP contribution in [0.1, 0.15) is 68.8 Å². The fraction of sp³-hybridized carbons (Fsp3) is 0.491. The quantitative estimate of drug-likeness (QED) is 0.0295. The van der Waals surface area contributed by atoms with Gasteiger partial charge in [0.1, 0.15) is 9.51 Å². The Kier molecular flexibility index (Phi) is 21.3. The molecule has 2 heterocycles. The van der Waals surface area contributed by atoms with E-state index in [4.69, 9.17) is 20.6 Å². The van der Waals surface area contributed by atoms with Gasteiger partial charge in [-0.25, -0.2) is 21.6 Å². The van der Waals surface area contributed by atoms with Crippen molar-refractivity contribution in [2.24, 2.45) is 5.41 Å². The van der Waals surface area contributed by atoms with Crippen LogP contribution in [0.25, 0.3) is 5.57 Å². The van der Waals surface area contributed by atoms with Crippen molar-refractivity contribution >= 4 is 96.3 Å². The van der Waals surface area contributed by atoms with Gasteiger partial charge in [-0.15, -0.1) is 11.8 Å². The third-order valence-electron chi connectivity index (χ3n) is 14.0. The first-order valence-corrected chi connectivity index (χ1v) is 33.1. The molecule has 76 heavy (non-hydrogen) atoms.